The Kier molecular flexibility index (Phi) is 4.24. The second-order valence-corrected chi connectivity index (χ2v) is 5.97. The lowest BCUT2D eigenvalue weighted by Gasteiger charge is -2.07. The highest BCUT2D eigenvalue weighted by Crippen LogP contribution is 2.27. The number of amides is 1. The first kappa shape index (κ1) is 14.8. The number of nitrogens with one attached hydrogen (secondary N) is 2. The molecule has 0 saturated carbocycles. The second-order valence-electron chi connectivity index (χ2n) is 5.00. The number of hydrogen-bond acceptors (Lipinski definition) is 4. The number of halogens is 1. The number of H-pyrrole nitrogens is 1. The normalized spacial score (nSPS) is 13.0. The van der Waals surface area contributed by atoms with Gasteiger partial charge < -0.3 is 10.3 Å². The van der Waals surface area contributed by atoms with Crippen LogP contribution in [0.1, 0.15) is 17.7 Å². The van der Waals surface area contributed by atoms with Crippen LogP contribution in [0.3, 0.4) is 0 Å². The van der Waals surface area contributed by atoms with Gasteiger partial charge in [-0.3, -0.25) is 4.79 Å². The highest BCUT2D eigenvalue weighted by molar-refractivity contribution is 8.00. The van der Waals surface area contributed by atoms with Gasteiger partial charge in [0.2, 0.25) is 5.91 Å². The van der Waals surface area contributed by atoms with Crippen LogP contribution in [0.25, 0.3) is 0 Å². The fourth-order valence-electron chi connectivity index (χ4n) is 2.42. The lowest BCUT2D eigenvalue weighted by atomic mass is 10.3. The van der Waals surface area contributed by atoms with Crippen LogP contribution < -0.4 is 11.0 Å². The Balaban J connectivity index is 1.64. The van der Waals surface area contributed by atoms with Gasteiger partial charge in [0.1, 0.15) is 10.8 Å². The maximum atomic E-state index is 12.8. The Morgan fingerprint density at radius 2 is 2.09 bits per heavy atom. The van der Waals surface area contributed by atoms with Crippen LogP contribution in [0.15, 0.2) is 34.1 Å². The Morgan fingerprint density at radius 3 is 2.86 bits per heavy atom. The van der Waals surface area contributed by atoms with Crippen molar-refractivity contribution in [3.05, 3.63) is 51.8 Å². The molecule has 0 spiro atoms. The zero-order chi connectivity index (χ0) is 15.5. The number of aromatic amines is 1. The van der Waals surface area contributed by atoms with E-state index in [4.69, 9.17) is 0 Å². The number of nitrogens with zero attached hydrogens (tertiary/aromatic N) is 1. The maximum absolute atomic E-state index is 12.8. The van der Waals surface area contributed by atoms with Crippen LogP contribution in [0.2, 0.25) is 0 Å². The molecule has 1 aliphatic rings. The quantitative estimate of drug-likeness (QED) is 0.669. The largest absolute Gasteiger partial charge is 0.346 e. The summed E-state index contributed by atoms with van der Waals surface area (Å²) < 4.78 is 12.8. The van der Waals surface area contributed by atoms with E-state index in [0.717, 1.165) is 30.5 Å². The summed E-state index contributed by atoms with van der Waals surface area (Å²) in [6.45, 7) is 0. The first-order valence-corrected chi connectivity index (χ1v) is 7.90. The van der Waals surface area contributed by atoms with Crippen molar-refractivity contribution >= 4 is 23.4 Å². The lowest BCUT2D eigenvalue weighted by Crippen LogP contribution is -2.17. The van der Waals surface area contributed by atoms with Crippen molar-refractivity contribution in [3.8, 4) is 0 Å². The number of rotatable bonds is 4. The van der Waals surface area contributed by atoms with E-state index in [1.54, 1.807) is 0 Å². The molecule has 5 nitrogen and oxygen atoms in total. The molecule has 1 aliphatic carbocycles. The van der Waals surface area contributed by atoms with Crippen molar-refractivity contribution in [2.45, 2.75) is 24.3 Å². The molecule has 7 heteroatoms. The van der Waals surface area contributed by atoms with E-state index in [-0.39, 0.29) is 23.2 Å². The number of anilines is 1. The third-order valence-corrected chi connectivity index (χ3v) is 4.42. The SMILES string of the molecule is O=C(CSc1nc(=O)[nH]c2c1CCC2)Nc1ccc(F)cc1. The smallest absolute Gasteiger partial charge is 0.325 e. The second kappa shape index (κ2) is 6.31. The van der Waals surface area contributed by atoms with Crippen LogP contribution in [0.4, 0.5) is 10.1 Å². The number of thioether (sulfide) groups is 1. The number of aromatic nitrogens is 2. The third kappa shape index (κ3) is 3.36. The van der Waals surface area contributed by atoms with Crippen molar-refractivity contribution in [3.63, 3.8) is 0 Å². The minimum atomic E-state index is -0.373. The van der Waals surface area contributed by atoms with Gasteiger partial charge in [-0.2, -0.15) is 4.98 Å². The van der Waals surface area contributed by atoms with Gasteiger partial charge in [-0.15, -0.1) is 0 Å². The summed E-state index contributed by atoms with van der Waals surface area (Å²) in [5.41, 5.74) is 2.14. The molecule has 0 aliphatic heterocycles. The Bertz CT molecular complexity index is 758. The highest BCUT2D eigenvalue weighted by atomic mass is 32.2. The first-order chi connectivity index (χ1) is 10.6. The first-order valence-electron chi connectivity index (χ1n) is 6.92. The van der Waals surface area contributed by atoms with E-state index >= 15 is 0 Å². The highest BCUT2D eigenvalue weighted by Gasteiger charge is 2.18. The summed E-state index contributed by atoms with van der Waals surface area (Å²) in [5, 5.41) is 3.31. The van der Waals surface area contributed by atoms with Crippen molar-refractivity contribution < 1.29 is 9.18 Å². The van der Waals surface area contributed by atoms with Crippen LogP contribution in [0, 0.1) is 5.82 Å². The van der Waals surface area contributed by atoms with E-state index in [1.807, 2.05) is 0 Å². The number of carbonyl (C=O) groups excluding carboxylic acids is 1. The summed E-state index contributed by atoms with van der Waals surface area (Å²) >= 11 is 1.25. The molecule has 114 valence electrons. The van der Waals surface area contributed by atoms with Crippen molar-refractivity contribution in [1.29, 1.82) is 0 Å². The van der Waals surface area contributed by atoms with Crippen molar-refractivity contribution in [2.75, 3.05) is 11.1 Å². The van der Waals surface area contributed by atoms with Crippen LogP contribution in [0.5, 0.6) is 0 Å². The number of fused-ring (bicyclic) bond motifs is 1. The molecule has 3 rings (SSSR count). The van der Waals surface area contributed by atoms with E-state index < -0.39 is 0 Å². The number of carbonyl (C=O) groups is 1. The topological polar surface area (TPSA) is 74.8 Å². The molecule has 22 heavy (non-hydrogen) atoms. The van der Waals surface area contributed by atoms with Crippen LogP contribution in [-0.4, -0.2) is 21.6 Å². The minimum absolute atomic E-state index is 0.153. The molecule has 0 fully saturated rings. The zero-order valence-electron chi connectivity index (χ0n) is 11.7. The maximum Gasteiger partial charge on any atom is 0.346 e. The summed E-state index contributed by atoms with van der Waals surface area (Å²) in [6, 6.07) is 5.57. The van der Waals surface area contributed by atoms with Gasteiger partial charge in [0, 0.05) is 16.9 Å². The van der Waals surface area contributed by atoms with E-state index in [9.17, 15) is 14.0 Å². The standard InChI is InChI=1S/C15H14FN3O2S/c16-9-4-6-10(7-5-9)17-13(20)8-22-14-11-2-1-3-12(11)18-15(21)19-14/h4-7H,1-3,8H2,(H,17,20)(H,18,19,21). The van der Waals surface area contributed by atoms with Crippen molar-refractivity contribution in [2.24, 2.45) is 0 Å². The molecule has 1 aromatic carbocycles. The molecule has 1 amide bonds. The fraction of sp³-hybridized carbons (Fsp3) is 0.267. The van der Waals surface area contributed by atoms with E-state index in [2.05, 4.69) is 15.3 Å². The average Bonchev–Trinajstić information content (AvgIpc) is 2.95. The molecule has 1 aromatic heterocycles. The van der Waals surface area contributed by atoms with E-state index in [0.29, 0.717) is 10.7 Å². The summed E-state index contributed by atoms with van der Waals surface area (Å²) in [4.78, 5) is 30.1. The molecule has 2 aromatic rings. The molecule has 0 bridgehead atoms. The fourth-order valence-corrected chi connectivity index (χ4v) is 3.30. The predicted molar refractivity (Wildman–Crippen MR) is 82.6 cm³/mol. The lowest BCUT2D eigenvalue weighted by molar-refractivity contribution is -0.113. The molecular weight excluding hydrogens is 305 g/mol. The van der Waals surface area contributed by atoms with Gasteiger partial charge in [0.05, 0.1) is 5.75 Å². The molecular formula is C15H14FN3O2S. The number of hydrogen-bond donors (Lipinski definition) is 2. The molecule has 0 atom stereocenters. The number of aryl methyl sites for hydroxylation is 1. The zero-order valence-corrected chi connectivity index (χ0v) is 12.5. The minimum Gasteiger partial charge on any atom is -0.325 e. The van der Waals surface area contributed by atoms with Crippen molar-refractivity contribution in [1.82, 2.24) is 9.97 Å². The Morgan fingerprint density at radius 1 is 1.32 bits per heavy atom. The molecule has 2 N–H and O–H groups in total. The number of benzene rings is 1. The van der Waals surface area contributed by atoms with Gasteiger partial charge in [-0.25, -0.2) is 9.18 Å². The Labute approximate surface area is 130 Å². The van der Waals surface area contributed by atoms with Crippen LogP contribution >= 0.6 is 11.8 Å². The third-order valence-electron chi connectivity index (χ3n) is 3.40. The molecule has 0 saturated heterocycles. The van der Waals surface area contributed by atoms with E-state index in [1.165, 1.54) is 36.0 Å². The van der Waals surface area contributed by atoms with Gasteiger partial charge in [-0.05, 0) is 43.5 Å². The average molecular weight is 319 g/mol. The molecule has 0 unspecified atom stereocenters. The summed E-state index contributed by atoms with van der Waals surface area (Å²) in [7, 11) is 0. The molecule has 1 heterocycles. The summed E-state index contributed by atoms with van der Waals surface area (Å²) in [6.07, 6.45) is 2.72. The Hall–Kier alpha value is -2.15. The summed E-state index contributed by atoms with van der Waals surface area (Å²) in [5.74, 6) is -0.415. The van der Waals surface area contributed by atoms with Gasteiger partial charge in [0.25, 0.3) is 0 Å². The van der Waals surface area contributed by atoms with Gasteiger partial charge >= 0.3 is 5.69 Å². The predicted octanol–water partition coefficient (Wildman–Crippen LogP) is 2.13. The molecule has 0 radical (unpaired) electrons. The van der Waals surface area contributed by atoms with Crippen LogP contribution in [-0.2, 0) is 17.6 Å². The van der Waals surface area contributed by atoms with Gasteiger partial charge in [0.15, 0.2) is 0 Å². The van der Waals surface area contributed by atoms with Gasteiger partial charge in [-0.1, -0.05) is 11.8 Å². The monoisotopic (exact) mass is 319 g/mol.